The van der Waals surface area contributed by atoms with Gasteiger partial charge in [0.15, 0.2) is 6.61 Å². The number of benzene rings is 2. The molecule has 1 aliphatic rings. The Balaban J connectivity index is 1.55. The number of nitrogens with zero attached hydrogens (tertiary/aromatic N) is 2. The molecule has 1 N–H and O–H groups in total. The largest absolute Gasteiger partial charge is 0.507 e. The summed E-state index contributed by atoms with van der Waals surface area (Å²) >= 11 is 0. The summed E-state index contributed by atoms with van der Waals surface area (Å²) in [5, 5.41) is 16.6. The lowest BCUT2D eigenvalue weighted by atomic mass is 9.92. The number of aromatic hydroxyl groups is 1. The van der Waals surface area contributed by atoms with Crippen molar-refractivity contribution in [3.8, 4) is 5.75 Å². The fourth-order valence-corrected chi connectivity index (χ4v) is 4.24. The number of esters is 1. The van der Waals surface area contributed by atoms with Crippen LogP contribution in [0.1, 0.15) is 90.4 Å². The van der Waals surface area contributed by atoms with E-state index in [1.54, 1.807) is 24.5 Å². The normalized spacial score (nSPS) is 15.5. The molecule has 1 atom stereocenters. The molecule has 0 spiro atoms. The van der Waals surface area contributed by atoms with Crippen molar-refractivity contribution in [3.63, 3.8) is 0 Å². The zero-order valence-electron chi connectivity index (χ0n) is 21.3. The van der Waals surface area contributed by atoms with E-state index in [-0.39, 0.29) is 23.1 Å². The molecule has 1 amide bonds. The number of aryl methyl sites for hydroxylation is 1. The number of carbonyl (C=O) groups is 2. The predicted octanol–water partition coefficient (Wildman–Crippen LogP) is 6.08. The smallest absolute Gasteiger partial charge is 0.342 e. The highest BCUT2D eigenvalue weighted by Gasteiger charge is 2.35. The van der Waals surface area contributed by atoms with Crippen molar-refractivity contribution in [2.75, 3.05) is 6.61 Å². The van der Waals surface area contributed by atoms with Gasteiger partial charge in [0.05, 0.1) is 12.0 Å². The van der Waals surface area contributed by atoms with Gasteiger partial charge in [-0.1, -0.05) is 63.6 Å². The first-order valence-corrected chi connectivity index (χ1v) is 12.2. The highest BCUT2D eigenvalue weighted by atomic mass is 16.5. The summed E-state index contributed by atoms with van der Waals surface area (Å²) in [7, 11) is 0. The van der Waals surface area contributed by atoms with E-state index in [0.29, 0.717) is 17.7 Å². The third kappa shape index (κ3) is 5.20. The fraction of sp³-hybridized carbons (Fsp3) is 0.345. The van der Waals surface area contributed by atoms with Crippen LogP contribution in [-0.4, -0.2) is 34.3 Å². The van der Waals surface area contributed by atoms with Gasteiger partial charge >= 0.3 is 5.97 Å². The van der Waals surface area contributed by atoms with Crippen LogP contribution >= 0.6 is 0 Å². The molecule has 1 aliphatic heterocycles. The van der Waals surface area contributed by atoms with E-state index < -0.39 is 24.5 Å². The summed E-state index contributed by atoms with van der Waals surface area (Å²) in [5.74, 6) is -0.558. The van der Waals surface area contributed by atoms with E-state index >= 15 is 0 Å². The van der Waals surface area contributed by atoms with Crippen LogP contribution in [0.3, 0.4) is 0 Å². The minimum Gasteiger partial charge on any atom is -0.507 e. The van der Waals surface area contributed by atoms with E-state index in [2.05, 4.69) is 5.10 Å². The Hall–Kier alpha value is -3.87. The Morgan fingerprint density at radius 1 is 1.11 bits per heavy atom. The molecule has 188 valence electrons. The summed E-state index contributed by atoms with van der Waals surface area (Å²) < 4.78 is 11.0. The number of hydrazone groups is 1. The maximum Gasteiger partial charge on any atom is 0.342 e. The van der Waals surface area contributed by atoms with E-state index in [1.165, 1.54) is 5.01 Å². The van der Waals surface area contributed by atoms with Gasteiger partial charge in [0.25, 0.3) is 5.91 Å². The molecule has 0 radical (unpaired) electrons. The Bertz CT molecular complexity index is 1270. The minimum absolute atomic E-state index is 0.0186. The van der Waals surface area contributed by atoms with Crippen molar-refractivity contribution in [3.05, 3.63) is 88.4 Å². The molecular weight excluding hydrogens is 456 g/mol. The Labute approximate surface area is 211 Å². The maximum absolute atomic E-state index is 13.2. The van der Waals surface area contributed by atoms with Gasteiger partial charge in [-0.25, -0.2) is 9.80 Å². The van der Waals surface area contributed by atoms with Crippen LogP contribution in [0, 0.1) is 6.92 Å². The molecule has 2 heterocycles. The van der Waals surface area contributed by atoms with Crippen LogP contribution in [0.5, 0.6) is 5.75 Å². The number of rotatable bonds is 7. The number of ether oxygens (including phenoxy) is 1. The molecule has 7 nitrogen and oxygen atoms in total. The van der Waals surface area contributed by atoms with Gasteiger partial charge in [-0.3, -0.25) is 4.79 Å². The van der Waals surface area contributed by atoms with Crippen LogP contribution in [0.25, 0.3) is 0 Å². The molecule has 7 heteroatoms. The molecule has 36 heavy (non-hydrogen) atoms. The Morgan fingerprint density at radius 2 is 1.83 bits per heavy atom. The number of amides is 1. The molecular formula is C29H32N2O5. The van der Waals surface area contributed by atoms with Crippen LogP contribution in [-0.2, 0) is 9.53 Å². The van der Waals surface area contributed by atoms with E-state index in [9.17, 15) is 14.7 Å². The number of hydrogen-bond acceptors (Lipinski definition) is 6. The number of carbonyl (C=O) groups excluding carboxylic acids is 2. The standard InChI is InChI=1S/C29H32N2O5/c1-17(2)21-13-22(18(3)4)28(33)23(14-21)29(34)36-16-27(32)31-25(26-7-6-12-35-26)15-24(30-31)20-10-8-19(5)9-11-20/h6-14,17-18,25,33H,15-16H2,1-5H3/t25-/m0/s1. The SMILES string of the molecule is Cc1ccc(C2=NN(C(=O)COC(=O)c3cc(C(C)C)cc(C(C)C)c3O)[C@H](c3ccco3)C2)cc1. The van der Waals surface area contributed by atoms with Crippen LogP contribution < -0.4 is 0 Å². The summed E-state index contributed by atoms with van der Waals surface area (Å²) in [6.07, 6.45) is 2.03. The van der Waals surface area contributed by atoms with Crippen molar-refractivity contribution < 1.29 is 23.8 Å². The first-order valence-electron chi connectivity index (χ1n) is 12.2. The van der Waals surface area contributed by atoms with Crippen molar-refractivity contribution in [2.45, 2.75) is 58.9 Å². The second-order valence-electron chi connectivity index (χ2n) is 9.78. The van der Waals surface area contributed by atoms with Gasteiger partial charge in [0.1, 0.15) is 23.1 Å². The van der Waals surface area contributed by atoms with Crippen LogP contribution in [0.15, 0.2) is 64.3 Å². The molecule has 0 saturated carbocycles. The summed E-state index contributed by atoms with van der Waals surface area (Å²) in [5.41, 5.74) is 4.44. The average Bonchev–Trinajstić information content (AvgIpc) is 3.53. The summed E-state index contributed by atoms with van der Waals surface area (Å²) in [6.45, 7) is 9.42. The first kappa shape index (κ1) is 25.2. The molecule has 0 aliphatic carbocycles. The van der Waals surface area contributed by atoms with Crippen molar-refractivity contribution in [1.29, 1.82) is 0 Å². The molecule has 0 saturated heterocycles. The molecule has 4 rings (SSSR count). The molecule has 2 aromatic carbocycles. The summed E-state index contributed by atoms with van der Waals surface area (Å²) in [4.78, 5) is 26.1. The maximum atomic E-state index is 13.2. The fourth-order valence-electron chi connectivity index (χ4n) is 4.24. The average molecular weight is 489 g/mol. The Kier molecular flexibility index (Phi) is 7.29. The molecule has 0 unspecified atom stereocenters. The van der Waals surface area contributed by atoms with Gasteiger partial charge in [0, 0.05) is 6.42 Å². The second-order valence-corrected chi connectivity index (χ2v) is 9.78. The monoisotopic (exact) mass is 488 g/mol. The molecule has 3 aromatic rings. The number of phenols is 1. The Morgan fingerprint density at radius 3 is 2.44 bits per heavy atom. The molecule has 0 bridgehead atoms. The molecule has 1 aromatic heterocycles. The van der Waals surface area contributed by atoms with Crippen LogP contribution in [0.4, 0.5) is 0 Å². The predicted molar refractivity (Wildman–Crippen MR) is 137 cm³/mol. The number of hydrogen-bond donors (Lipinski definition) is 1. The zero-order chi connectivity index (χ0) is 26.0. The van der Waals surface area contributed by atoms with Gasteiger partial charge in [0.2, 0.25) is 0 Å². The van der Waals surface area contributed by atoms with Crippen LogP contribution in [0.2, 0.25) is 0 Å². The van der Waals surface area contributed by atoms with Gasteiger partial charge in [-0.15, -0.1) is 0 Å². The van der Waals surface area contributed by atoms with Gasteiger partial charge in [-0.2, -0.15) is 5.10 Å². The third-order valence-corrected chi connectivity index (χ3v) is 6.42. The topological polar surface area (TPSA) is 92.3 Å². The van der Waals surface area contributed by atoms with Crippen molar-refractivity contribution in [2.24, 2.45) is 5.10 Å². The zero-order valence-corrected chi connectivity index (χ0v) is 21.3. The highest BCUT2D eigenvalue weighted by Crippen LogP contribution is 2.35. The lowest BCUT2D eigenvalue weighted by Crippen LogP contribution is -2.31. The van der Waals surface area contributed by atoms with E-state index in [0.717, 1.165) is 22.4 Å². The van der Waals surface area contributed by atoms with E-state index in [4.69, 9.17) is 9.15 Å². The summed E-state index contributed by atoms with van der Waals surface area (Å²) in [6, 6.07) is 14.6. The number of furan rings is 1. The third-order valence-electron chi connectivity index (χ3n) is 6.42. The minimum atomic E-state index is -0.748. The molecule has 0 fully saturated rings. The van der Waals surface area contributed by atoms with Crippen molar-refractivity contribution in [1.82, 2.24) is 5.01 Å². The quantitative estimate of drug-likeness (QED) is 0.407. The first-order chi connectivity index (χ1) is 17.2. The lowest BCUT2D eigenvalue weighted by molar-refractivity contribution is -0.136. The second kappa shape index (κ2) is 10.4. The van der Waals surface area contributed by atoms with Gasteiger partial charge < -0.3 is 14.3 Å². The van der Waals surface area contributed by atoms with Gasteiger partial charge in [-0.05, 0) is 53.6 Å². The van der Waals surface area contributed by atoms with Crippen molar-refractivity contribution >= 4 is 17.6 Å². The lowest BCUT2D eigenvalue weighted by Gasteiger charge is -2.20. The number of phenolic OH excluding ortho intramolecular Hbond substituents is 1. The highest BCUT2D eigenvalue weighted by molar-refractivity contribution is 6.03. The van der Waals surface area contributed by atoms with E-state index in [1.807, 2.05) is 65.0 Å².